The number of carboxylic acids is 2. The van der Waals surface area contributed by atoms with Gasteiger partial charge in [-0.3, -0.25) is 29.0 Å². The largest absolute Gasteiger partial charge is 0.481 e. The summed E-state index contributed by atoms with van der Waals surface area (Å²) in [6, 6.07) is -5.32. The number of carbonyl (C=O) groups is 6. The van der Waals surface area contributed by atoms with Crippen LogP contribution in [-0.4, -0.2) is 82.5 Å². The second kappa shape index (κ2) is 15.0. The molecule has 16 nitrogen and oxygen atoms in total. The molecule has 4 amide bonds. The Hall–Kier alpha value is -3.95. The highest BCUT2D eigenvalue weighted by Gasteiger charge is 2.29. The van der Waals surface area contributed by atoms with E-state index >= 15 is 0 Å². The molecule has 0 rings (SSSR count). The molecule has 0 aliphatic rings. The van der Waals surface area contributed by atoms with Crippen LogP contribution in [-0.2, 0) is 28.8 Å². The van der Waals surface area contributed by atoms with Crippen LogP contribution in [0.15, 0.2) is 4.99 Å². The first-order valence-electron chi connectivity index (χ1n) is 10.2. The number of primary amides is 1. The van der Waals surface area contributed by atoms with Gasteiger partial charge in [0.05, 0.1) is 12.5 Å². The molecule has 0 aromatic heterocycles. The number of nitrogens with two attached hydrogens (primary N) is 4. The van der Waals surface area contributed by atoms with Gasteiger partial charge in [0.2, 0.25) is 23.6 Å². The van der Waals surface area contributed by atoms with Crippen molar-refractivity contribution >= 4 is 41.5 Å². The molecule has 34 heavy (non-hydrogen) atoms. The molecule has 0 spiro atoms. The number of aliphatic imine (C=N–C) groups is 1. The van der Waals surface area contributed by atoms with Crippen LogP contribution in [0.5, 0.6) is 0 Å². The van der Waals surface area contributed by atoms with E-state index in [1.54, 1.807) is 0 Å². The molecule has 4 atom stereocenters. The van der Waals surface area contributed by atoms with Crippen LogP contribution in [0.3, 0.4) is 0 Å². The van der Waals surface area contributed by atoms with Gasteiger partial charge in [0.15, 0.2) is 5.96 Å². The summed E-state index contributed by atoms with van der Waals surface area (Å²) in [7, 11) is 0. The zero-order valence-electron chi connectivity index (χ0n) is 18.7. The summed E-state index contributed by atoms with van der Waals surface area (Å²) in [5.74, 6) is -6.25. The first-order chi connectivity index (χ1) is 15.7. The summed E-state index contributed by atoms with van der Waals surface area (Å²) in [6.45, 7) is 1.39. The molecular formula is C18H32N8O8. The van der Waals surface area contributed by atoms with Crippen molar-refractivity contribution < 1.29 is 39.0 Å². The van der Waals surface area contributed by atoms with Crippen molar-refractivity contribution in [3.05, 3.63) is 0 Å². The summed E-state index contributed by atoms with van der Waals surface area (Å²) in [4.78, 5) is 74.0. The van der Waals surface area contributed by atoms with Gasteiger partial charge < -0.3 is 49.1 Å². The number of nitrogens with zero attached hydrogens (tertiary/aromatic N) is 1. The minimum atomic E-state index is -1.41. The molecule has 0 aliphatic carbocycles. The number of hydrogen-bond acceptors (Lipinski definition) is 8. The monoisotopic (exact) mass is 488 g/mol. The van der Waals surface area contributed by atoms with E-state index < -0.39 is 66.2 Å². The summed E-state index contributed by atoms with van der Waals surface area (Å²) in [5, 5.41) is 24.8. The van der Waals surface area contributed by atoms with Crippen LogP contribution < -0.4 is 38.9 Å². The third-order valence-corrected chi connectivity index (χ3v) is 4.36. The fourth-order valence-corrected chi connectivity index (χ4v) is 2.55. The van der Waals surface area contributed by atoms with E-state index in [0.29, 0.717) is 0 Å². The molecule has 4 unspecified atom stereocenters. The van der Waals surface area contributed by atoms with Crippen LogP contribution >= 0.6 is 0 Å². The highest BCUT2D eigenvalue weighted by molar-refractivity contribution is 5.94. The Kier molecular flexibility index (Phi) is 13.2. The smallest absolute Gasteiger partial charge is 0.326 e. The van der Waals surface area contributed by atoms with Gasteiger partial charge in [-0.2, -0.15) is 0 Å². The molecule has 13 N–H and O–H groups in total. The van der Waals surface area contributed by atoms with Gasteiger partial charge in [-0.25, -0.2) is 4.79 Å². The number of aliphatic carboxylic acids is 2. The molecule has 0 radical (unpaired) electrons. The summed E-state index contributed by atoms with van der Waals surface area (Å²) < 4.78 is 0. The Bertz CT molecular complexity index is 799. The molecule has 16 heteroatoms. The van der Waals surface area contributed by atoms with Crippen molar-refractivity contribution in [2.24, 2.45) is 27.9 Å². The van der Waals surface area contributed by atoms with E-state index in [-0.39, 0.29) is 38.2 Å². The van der Waals surface area contributed by atoms with Gasteiger partial charge in [-0.1, -0.05) is 0 Å². The zero-order valence-corrected chi connectivity index (χ0v) is 18.7. The van der Waals surface area contributed by atoms with Gasteiger partial charge in [0, 0.05) is 13.0 Å². The van der Waals surface area contributed by atoms with Gasteiger partial charge in [-0.15, -0.1) is 0 Å². The van der Waals surface area contributed by atoms with E-state index in [0.717, 1.165) is 0 Å². The number of carboxylic acid groups (broad SMARTS) is 2. The predicted octanol–water partition coefficient (Wildman–Crippen LogP) is -4.33. The van der Waals surface area contributed by atoms with E-state index in [9.17, 15) is 33.9 Å². The molecule has 0 aliphatic heterocycles. The maximum Gasteiger partial charge on any atom is 0.326 e. The highest BCUT2D eigenvalue weighted by atomic mass is 16.4. The Morgan fingerprint density at radius 3 is 1.94 bits per heavy atom. The standard InChI is InChI=1S/C18H32N8O8/c1-8(24-15(31)9(19)7-13(28)29)14(30)25-10(4-5-12(20)27)16(32)26-11(17(33)34)3-2-6-23-18(21)22/h8-11H,2-7,19H2,1H3,(H2,20,27)(H,24,31)(H,25,30)(H,26,32)(H,28,29)(H,33,34)(H4,21,22,23). The predicted molar refractivity (Wildman–Crippen MR) is 118 cm³/mol. The molecule has 0 saturated heterocycles. The van der Waals surface area contributed by atoms with Crippen LogP contribution in [0.1, 0.15) is 39.0 Å². The Morgan fingerprint density at radius 1 is 0.853 bits per heavy atom. The lowest BCUT2D eigenvalue weighted by molar-refractivity contribution is -0.142. The average molecular weight is 489 g/mol. The van der Waals surface area contributed by atoms with Gasteiger partial charge in [0.25, 0.3) is 0 Å². The van der Waals surface area contributed by atoms with Crippen molar-refractivity contribution in [1.82, 2.24) is 16.0 Å². The van der Waals surface area contributed by atoms with E-state index in [2.05, 4.69) is 20.9 Å². The molecular weight excluding hydrogens is 456 g/mol. The van der Waals surface area contributed by atoms with Gasteiger partial charge in [0.1, 0.15) is 18.1 Å². The number of carbonyl (C=O) groups excluding carboxylic acids is 4. The van der Waals surface area contributed by atoms with Crippen molar-refractivity contribution in [2.75, 3.05) is 6.54 Å². The topological polar surface area (TPSA) is 295 Å². The van der Waals surface area contributed by atoms with E-state index in [1.807, 2.05) is 0 Å². The molecule has 0 aromatic carbocycles. The first kappa shape index (κ1) is 30.0. The fraction of sp³-hybridized carbons (Fsp3) is 0.611. The van der Waals surface area contributed by atoms with Gasteiger partial charge >= 0.3 is 11.9 Å². The lowest BCUT2D eigenvalue weighted by atomic mass is 10.1. The lowest BCUT2D eigenvalue weighted by Gasteiger charge is -2.23. The fourth-order valence-electron chi connectivity index (χ4n) is 2.55. The van der Waals surface area contributed by atoms with Crippen molar-refractivity contribution in [3.63, 3.8) is 0 Å². The van der Waals surface area contributed by atoms with E-state index in [1.165, 1.54) is 6.92 Å². The third-order valence-electron chi connectivity index (χ3n) is 4.36. The summed E-state index contributed by atoms with van der Waals surface area (Å²) in [5.41, 5.74) is 20.9. The second-order valence-electron chi connectivity index (χ2n) is 7.35. The number of hydrogen-bond donors (Lipinski definition) is 9. The first-order valence-corrected chi connectivity index (χ1v) is 10.2. The molecule has 0 aromatic rings. The lowest BCUT2D eigenvalue weighted by Crippen LogP contribution is -2.56. The molecule has 0 heterocycles. The normalized spacial score (nSPS) is 13.9. The number of nitrogens with one attached hydrogen (secondary N) is 3. The van der Waals surface area contributed by atoms with Crippen molar-refractivity contribution in [3.8, 4) is 0 Å². The van der Waals surface area contributed by atoms with Crippen LogP contribution in [0.4, 0.5) is 0 Å². The Balaban J connectivity index is 5.19. The minimum Gasteiger partial charge on any atom is -0.481 e. The van der Waals surface area contributed by atoms with Crippen molar-refractivity contribution in [1.29, 1.82) is 0 Å². The van der Waals surface area contributed by atoms with Gasteiger partial charge in [-0.05, 0) is 26.2 Å². The van der Waals surface area contributed by atoms with Crippen LogP contribution in [0.25, 0.3) is 0 Å². The summed E-state index contributed by atoms with van der Waals surface area (Å²) >= 11 is 0. The average Bonchev–Trinajstić information content (AvgIpc) is 2.71. The number of guanidine groups is 1. The minimum absolute atomic E-state index is 0.0255. The maximum atomic E-state index is 12.6. The molecule has 0 saturated carbocycles. The maximum absolute atomic E-state index is 12.6. The SMILES string of the molecule is CC(NC(=O)C(N)CC(=O)O)C(=O)NC(CCC(N)=O)C(=O)NC(CCCN=C(N)N)C(=O)O. The molecule has 0 bridgehead atoms. The van der Waals surface area contributed by atoms with Crippen LogP contribution in [0.2, 0.25) is 0 Å². The zero-order chi connectivity index (χ0) is 26.4. The molecule has 192 valence electrons. The quantitative estimate of drug-likeness (QED) is 0.0568. The second-order valence-corrected chi connectivity index (χ2v) is 7.35. The highest BCUT2D eigenvalue weighted by Crippen LogP contribution is 2.04. The number of amides is 4. The third kappa shape index (κ3) is 12.8. The number of rotatable bonds is 16. The van der Waals surface area contributed by atoms with E-state index in [4.69, 9.17) is 28.0 Å². The summed E-state index contributed by atoms with van der Waals surface area (Å²) in [6.07, 6.45) is -1.00. The Labute approximate surface area is 194 Å². The molecule has 0 fully saturated rings. The van der Waals surface area contributed by atoms with Crippen LogP contribution in [0, 0.1) is 0 Å². The van der Waals surface area contributed by atoms with Crippen molar-refractivity contribution in [2.45, 2.75) is 63.2 Å². The Morgan fingerprint density at radius 2 is 1.44 bits per heavy atom.